The predicted molar refractivity (Wildman–Crippen MR) is 75.1 cm³/mol. The van der Waals surface area contributed by atoms with Crippen LogP contribution in [-0.4, -0.2) is 18.7 Å². The minimum absolute atomic E-state index is 0.783. The molecular formula is C13H20N2S. The van der Waals surface area contributed by atoms with Gasteiger partial charge in [-0.15, -0.1) is 0 Å². The molecule has 0 fully saturated rings. The van der Waals surface area contributed by atoms with Gasteiger partial charge < -0.3 is 10.2 Å². The molecule has 0 atom stereocenters. The fraction of sp³-hybridized carbons (Fsp3) is 0.462. The van der Waals surface area contributed by atoms with Crippen LogP contribution in [0.5, 0.6) is 0 Å². The molecule has 0 heterocycles. The summed E-state index contributed by atoms with van der Waals surface area (Å²) >= 11 is 5.30. The molecule has 0 aromatic heterocycles. The highest BCUT2D eigenvalue weighted by Gasteiger charge is 2.05. The Labute approximate surface area is 104 Å². The SMILES string of the molecule is CCCNC(=S)N(C)c1ccc(CC)cc1. The molecule has 0 saturated heterocycles. The molecule has 2 nitrogen and oxygen atoms in total. The van der Waals surface area contributed by atoms with Crippen molar-refractivity contribution in [1.82, 2.24) is 5.32 Å². The standard InChI is InChI=1S/C13H20N2S/c1-4-10-14-13(16)15(3)12-8-6-11(5-2)7-9-12/h6-9H,4-5,10H2,1-3H3,(H,14,16). The molecule has 3 heteroatoms. The van der Waals surface area contributed by atoms with E-state index in [-0.39, 0.29) is 0 Å². The second-order valence-corrected chi connectivity index (χ2v) is 4.20. The maximum atomic E-state index is 5.30. The monoisotopic (exact) mass is 236 g/mol. The van der Waals surface area contributed by atoms with E-state index in [1.165, 1.54) is 5.56 Å². The summed E-state index contributed by atoms with van der Waals surface area (Å²) in [6.07, 6.45) is 2.16. The van der Waals surface area contributed by atoms with Crippen molar-refractivity contribution in [1.29, 1.82) is 0 Å². The molecule has 1 N–H and O–H groups in total. The van der Waals surface area contributed by atoms with Gasteiger partial charge in [0.25, 0.3) is 0 Å². The number of benzene rings is 1. The Bertz CT molecular complexity index is 332. The van der Waals surface area contributed by atoms with Gasteiger partial charge in [-0.25, -0.2) is 0 Å². The minimum Gasteiger partial charge on any atom is -0.362 e. The molecule has 1 aromatic carbocycles. The molecule has 0 amide bonds. The predicted octanol–water partition coefficient (Wildman–Crippen LogP) is 2.97. The first kappa shape index (κ1) is 13.0. The summed E-state index contributed by atoms with van der Waals surface area (Å²) < 4.78 is 0. The molecule has 0 aliphatic heterocycles. The van der Waals surface area contributed by atoms with Crippen LogP contribution in [0.2, 0.25) is 0 Å². The average molecular weight is 236 g/mol. The largest absolute Gasteiger partial charge is 0.362 e. The molecule has 0 spiro atoms. The lowest BCUT2D eigenvalue weighted by atomic mass is 10.1. The number of aryl methyl sites for hydroxylation is 1. The number of nitrogens with zero attached hydrogens (tertiary/aromatic N) is 1. The van der Waals surface area contributed by atoms with Gasteiger partial charge in [-0.3, -0.25) is 0 Å². The summed E-state index contributed by atoms with van der Waals surface area (Å²) in [4.78, 5) is 2.00. The van der Waals surface area contributed by atoms with Crippen LogP contribution in [0.3, 0.4) is 0 Å². The average Bonchev–Trinajstić information content (AvgIpc) is 2.35. The van der Waals surface area contributed by atoms with Gasteiger partial charge in [0.05, 0.1) is 0 Å². The molecule has 0 saturated carbocycles. The zero-order valence-corrected chi connectivity index (χ0v) is 11.1. The van der Waals surface area contributed by atoms with Gasteiger partial charge in [-0.1, -0.05) is 26.0 Å². The maximum absolute atomic E-state index is 5.30. The zero-order chi connectivity index (χ0) is 12.0. The summed E-state index contributed by atoms with van der Waals surface area (Å²) in [6, 6.07) is 8.51. The van der Waals surface area contributed by atoms with Crippen LogP contribution in [0, 0.1) is 0 Å². The summed E-state index contributed by atoms with van der Waals surface area (Å²) in [7, 11) is 1.99. The Morgan fingerprint density at radius 1 is 1.25 bits per heavy atom. The molecule has 0 unspecified atom stereocenters. The highest BCUT2D eigenvalue weighted by atomic mass is 32.1. The van der Waals surface area contributed by atoms with E-state index in [2.05, 4.69) is 43.4 Å². The van der Waals surface area contributed by atoms with Crippen LogP contribution < -0.4 is 10.2 Å². The number of anilines is 1. The molecule has 88 valence electrons. The topological polar surface area (TPSA) is 15.3 Å². The van der Waals surface area contributed by atoms with Crippen LogP contribution in [-0.2, 0) is 6.42 Å². The molecule has 1 rings (SSSR count). The van der Waals surface area contributed by atoms with Crippen molar-refractivity contribution in [3.63, 3.8) is 0 Å². The Morgan fingerprint density at radius 2 is 1.88 bits per heavy atom. The summed E-state index contributed by atoms with van der Waals surface area (Å²) in [6.45, 7) is 5.22. The van der Waals surface area contributed by atoms with E-state index >= 15 is 0 Å². The van der Waals surface area contributed by atoms with Crippen LogP contribution in [0.15, 0.2) is 24.3 Å². The third-order valence-electron chi connectivity index (χ3n) is 2.56. The summed E-state index contributed by atoms with van der Waals surface area (Å²) in [5, 5.41) is 4.00. The molecule has 0 aliphatic rings. The van der Waals surface area contributed by atoms with E-state index in [0.29, 0.717) is 0 Å². The van der Waals surface area contributed by atoms with E-state index in [0.717, 1.165) is 30.2 Å². The Morgan fingerprint density at radius 3 is 2.38 bits per heavy atom. The van der Waals surface area contributed by atoms with Crippen molar-refractivity contribution in [2.45, 2.75) is 26.7 Å². The third kappa shape index (κ3) is 3.49. The van der Waals surface area contributed by atoms with E-state index in [4.69, 9.17) is 12.2 Å². The lowest BCUT2D eigenvalue weighted by molar-refractivity contribution is 0.837. The molecule has 0 bridgehead atoms. The molecular weight excluding hydrogens is 216 g/mol. The van der Waals surface area contributed by atoms with Crippen LogP contribution in [0.25, 0.3) is 0 Å². The van der Waals surface area contributed by atoms with Gasteiger partial charge in [-0.05, 0) is 42.8 Å². The van der Waals surface area contributed by atoms with Crippen molar-refractivity contribution in [2.75, 3.05) is 18.5 Å². The lowest BCUT2D eigenvalue weighted by Crippen LogP contribution is -2.37. The molecule has 1 aromatic rings. The number of hydrogen-bond donors (Lipinski definition) is 1. The fourth-order valence-corrected chi connectivity index (χ4v) is 1.63. The smallest absolute Gasteiger partial charge is 0.173 e. The summed E-state index contributed by atoms with van der Waals surface area (Å²) in [5.41, 5.74) is 2.48. The van der Waals surface area contributed by atoms with E-state index in [9.17, 15) is 0 Å². The number of nitrogens with one attached hydrogen (secondary N) is 1. The van der Waals surface area contributed by atoms with Gasteiger partial charge in [0.1, 0.15) is 0 Å². The normalized spacial score (nSPS) is 9.94. The zero-order valence-electron chi connectivity index (χ0n) is 10.3. The second kappa shape index (κ2) is 6.48. The van der Waals surface area contributed by atoms with E-state index < -0.39 is 0 Å². The highest BCUT2D eigenvalue weighted by molar-refractivity contribution is 7.80. The van der Waals surface area contributed by atoms with E-state index in [1.807, 2.05) is 11.9 Å². The van der Waals surface area contributed by atoms with Crippen molar-refractivity contribution in [2.24, 2.45) is 0 Å². The van der Waals surface area contributed by atoms with Crippen molar-refractivity contribution >= 4 is 23.0 Å². The Hall–Kier alpha value is -1.09. The highest BCUT2D eigenvalue weighted by Crippen LogP contribution is 2.14. The van der Waals surface area contributed by atoms with Gasteiger partial charge in [0.2, 0.25) is 0 Å². The fourth-order valence-electron chi connectivity index (χ4n) is 1.42. The van der Waals surface area contributed by atoms with Gasteiger partial charge in [0, 0.05) is 19.3 Å². The number of rotatable bonds is 4. The van der Waals surface area contributed by atoms with Crippen molar-refractivity contribution < 1.29 is 0 Å². The first-order chi connectivity index (χ1) is 7.69. The molecule has 0 aliphatic carbocycles. The first-order valence-electron chi connectivity index (χ1n) is 5.79. The van der Waals surface area contributed by atoms with Crippen molar-refractivity contribution in [3.8, 4) is 0 Å². The Kier molecular flexibility index (Phi) is 5.26. The van der Waals surface area contributed by atoms with Gasteiger partial charge in [-0.2, -0.15) is 0 Å². The third-order valence-corrected chi connectivity index (χ3v) is 2.98. The van der Waals surface area contributed by atoms with Gasteiger partial charge in [0.15, 0.2) is 5.11 Å². The number of thiocarbonyl (C=S) groups is 1. The number of hydrogen-bond acceptors (Lipinski definition) is 1. The summed E-state index contributed by atoms with van der Waals surface area (Å²) in [5.74, 6) is 0. The van der Waals surface area contributed by atoms with Crippen LogP contribution >= 0.6 is 12.2 Å². The lowest BCUT2D eigenvalue weighted by Gasteiger charge is -2.21. The molecule has 0 radical (unpaired) electrons. The molecule has 16 heavy (non-hydrogen) atoms. The van der Waals surface area contributed by atoms with E-state index in [1.54, 1.807) is 0 Å². The van der Waals surface area contributed by atoms with Crippen LogP contribution in [0.4, 0.5) is 5.69 Å². The second-order valence-electron chi connectivity index (χ2n) is 3.81. The van der Waals surface area contributed by atoms with Crippen molar-refractivity contribution in [3.05, 3.63) is 29.8 Å². The minimum atomic E-state index is 0.783. The quantitative estimate of drug-likeness (QED) is 0.809. The van der Waals surface area contributed by atoms with Crippen LogP contribution in [0.1, 0.15) is 25.8 Å². The maximum Gasteiger partial charge on any atom is 0.173 e. The Balaban J connectivity index is 2.64. The van der Waals surface area contributed by atoms with Gasteiger partial charge >= 0.3 is 0 Å². The first-order valence-corrected chi connectivity index (χ1v) is 6.20.